The van der Waals surface area contributed by atoms with E-state index >= 15 is 0 Å². The summed E-state index contributed by atoms with van der Waals surface area (Å²) in [6.45, 7) is 7.10. The highest BCUT2D eigenvalue weighted by atomic mass is 15.5. The van der Waals surface area contributed by atoms with Gasteiger partial charge in [0.2, 0.25) is 5.82 Å². The van der Waals surface area contributed by atoms with E-state index in [-0.39, 0.29) is 0 Å². The highest BCUT2D eigenvalue weighted by Gasteiger charge is 2.01. The van der Waals surface area contributed by atoms with Crippen LogP contribution >= 0.6 is 0 Å². The Bertz CT molecular complexity index is 309. The highest BCUT2D eigenvalue weighted by molar-refractivity contribution is 5.70. The summed E-state index contributed by atoms with van der Waals surface area (Å²) in [5.74, 6) is 0.455. The number of hydrogen-bond acceptors (Lipinski definition) is 4. The van der Waals surface area contributed by atoms with Crippen LogP contribution in [-0.2, 0) is 0 Å². The second-order valence-corrected chi connectivity index (χ2v) is 2.11. The summed E-state index contributed by atoms with van der Waals surface area (Å²) in [7, 11) is 0. The van der Waals surface area contributed by atoms with Gasteiger partial charge < -0.3 is 5.73 Å². The first-order chi connectivity index (χ1) is 5.74. The van der Waals surface area contributed by atoms with Crippen LogP contribution in [-0.4, -0.2) is 20.6 Å². The van der Waals surface area contributed by atoms with Gasteiger partial charge in [0.25, 0.3) is 0 Å². The van der Waals surface area contributed by atoms with Gasteiger partial charge >= 0.3 is 0 Å². The van der Waals surface area contributed by atoms with Crippen molar-refractivity contribution in [3.63, 3.8) is 0 Å². The van der Waals surface area contributed by atoms with Crippen LogP contribution in [0.5, 0.6) is 0 Å². The fourth-order valence-electron chi connectivity index (χ4n) is 0.699. The lowest BCUT2D eigenvalue weighted by Gasteiger charge is -1.93. The first-order valence-corrected chi connectivity index (χ1v) is 3.26. The van der Waals surface area contributed by atoms with Gasteiger partial charge in [0, 0.05) is 11.3 Å². The molecule has 0 radical (unpaired) electrons. The summed E-state index contributed by atoms with van der Waals surface area (Å²) in [5.41, 5.74) is 6.49. The van der Waals surface area contributed by atoms with Crippen molar-refractivity contribution in [3.05, 3.63) is 36.8 Å². The van der Waals surface area contributed by atoms with Gasteiger partial charge in [-0.05, 0) is 11.3 Å². The van der Waals surface area contributed by atoms with Crippen molar-refractivity contribution in [2.24, 2.45) is 5.73 Å². The Kier molecular flexibility index (Phi) is 2.37. The number of nitrogens with zero attached hydrogens (tertiary/aromatic N) is 3. The molecule has 62 valence electrons. The van der Waals surface area contributed by atoms with Gasteiger partial charge in [0.05, 0.1) is 0 Å². The van der Waals surface area contributed by atoms with Crippen LogP contribution in [0.15, 0.2) is 31.0 Å². The fourth-order valence-corrected chi connectivity index (χ4v) is 0.699. The first kappa shape index (κ1) is 8.19. The minimum atomic E-state index is 0.426. The molecule has 1 heterocycles. The number of aromatic amines is 1. The third-order valence-electron chi connectivity index (χ3n) is 1.16. The van der Waals surface area contributed by atoms with E-state index < -0.39 is 0 Å². The van der Waals surface area contributed by atoms with Crippen molar-refractivity contribution in [2.75, 3.05) is 0 Å². The summed E-state index contributed by atoms with van der Waals surface area (Å²) in [6, 6.07) is 0. The molecule has 1 aromatic rings. The van der Waals surface area contributed by atoms with Gasteiger partial charge in [-0.15, -0.1) is 10.2 Å². The van der Waals surface area contributed by atoms with Crippen molar-refractivity contribution in [2.45, 2.75) is 0 Å². The SMILES string of the molecule is C=C/C(=C\C(=C)N)c1nn[nH]n1. The van der Waals surface area contributed by atoms with Crippen LogP contribution in [0, 0.1) is 0 Å². The maximum absolute atomic E-state index is 5.37. The normalized spacial score (nSPS) is 11.2. The first-order valence-electron chi connectivity index (χ1n) is 3.26. The molecule has 0 spiro atoms. The monoisotopic (exact) mass is 163 g/mol. The van der Waals surface area contributed by atoms with E-state index in [9.17, 15) is 0 Å². The summed E-state index contributed by atoms with van der Waals surface area (Å²) < 4.78 is 0. The number of rotatable bonds is 3. The molecule has 5 heteroatoms. The van der Waals surface area contributed by atoms with Gasteiger partial charge in [-0.25, -0.2) is 0 Å². The smallest absolute Gasteiger partial charge is 0.204 e. The fraction of sp³-hybridized carbons (Fsp3) is 0. The number of hydrogen-bond donors (Lipinski definition) is 2. The van der Waals surface area contributed by atoms with E-state index in [2.05, 4.69) is 33.8 Å². The average molecular weight is 163 g/mol. The zero-order chi connectivity index (χ0) is 8.97. The predicted molar refractivity (Wildman–Crippen MR) is 45.7 cm³/mol. The maximum atomic E-state index is 5.37. The summed E-state index contributed by atoms with van der Waals surface area (Å²) in [6.07, 6.45) is 3.21. The Balaban J connectivity index is 2.98. The van der Waals surface area contributed by atoms with Gasteiger partial charge in [-0.3, -0.25) is 0 Å². The molecule has 12 heavy (non-hydrogen) atoms. The Morgan fingerprint density at radius 2 is 2.33 bits per heavy atom. The topological polar surface area (TPSA) is 80.5 Å². The molecule has 0 saturated carbocycles. The van der Waals surface area contributed by atoms with Crippen LogP contribution in [0.25, 0.3) is 5.57 Å². The number of tetrazole rings is 1. The molecule has 0 bridgehead atoms. The Hall–Kier alpha value is -1.91. The molecule has 5 nitrogen and oxygen atoms in total. The minimum Gasteiger partial charge on any atom is -0.399 e. The number of nitrogens with one attached hydrogen (secondary N) is 1. The lowest BCUT2D eigenvalue weighted by atomic mass is 10.2. The zero-order valence-electron chi connectivity index (χ0n) is 6.49. The number of H-pyrrole nitrogens is 1. The molecule has 0 unspecified atom stereocenters. The zero-order valence-corrected chi connectivity index (χ0v) is 6.49. The average Bonchev–Trinajstić information content (AvgIpc) is 2.51. The molecular formula is C7H9N5. The van der Waals surface area contributed by atoms with Crippen molar-refractivity contribution in [1.29, 1.82) is 0 Å². The second kappa shape index (κ2) is 3.47. The quantitative estimate of drug-likeness (QED) is 0.625. The van der Waals surface area contributed by atoms with Gasteiger partial charge in [0.15, 0.2) is 0 Å². The van der Waals surface area contributed by atoms with Gasteiger partial charge in [-0.1, -0.05) is 19.2 Å². The Morgan fingerprint density at radius 1 is 1.58 bits per heavy atom. The molecule has 1 aromatic heterocycles. The van der Waals surface area contributed by atoms with Crippen molar-refractivity contribution in [1.82, 2.24) is 20.6 Å². The summed E-state index contributed by atoms with van der Waals surface area (Å²) >= 11 is 0. The third-order valence-corrected chi connectivity index (χ3v) is 1.16. The van der Waals surface area contributed by atoms with E-state index in [1.807, 2.05) is 0 Å². The lowest BCUT2D eigenvalue weighted by Crippen LogP contribution is -1.92. The molecule has 0 fully saturated rings. The van der Waals surface area contributed by atoms with Crippen LogP contribution in [0.3, 0.4) is 0 Å². The van der Waals surface area contributed by atoms with Crippen molar-refractivity contribution < 1.29 is 0 Å². The van der Waals surface area contributed by atoms with Crippen LogP contribution < -0.4 is 5.73 Å². The number of nitrogens with two attached hydrogens (primary N) is 1. The van der Waals surface area contributed by atoms with Crippen LogP contribution in [0.2, 0.25) is 0 Å². The van der Waals surface area contributed by atoms with E-state index in [1.165, 1.54) is 0 Å². The number of allylic oxidation sites excluding steroid dienone is 3. The molecule has 1 rings (SSSR count). The molecule has 0 atom stereocenters. The molecule has 0 aromatic carbocycles. The van der Waals surface area contributed by atoms with Crippen molar-refractivity contribution >= 4 is 5.57 Å². The molecule has 0 aliphatic carbocycles. The molecule has 3 N–H and O–H groups in total. The minimum absolute atomic E-state index is 0.426. The van der Waals surface area contributed by atoms with Crippen molar-refractivity contribution in [3.8, 4) is 0 Å². The molecule has 0 aliphatic rings. The standard InChI is InChI=1S/C7H9N5/c1-3-6(4-5(2)8)7-9-11-12-10-7/h3-4H,1-2,8H2,(H,9,10,11,12)/b6-4+. The molecular weight excluding hydrogens is 154 g/mol. The molecule has 0 aliphatic heterocycles. The lowest BCUT2D eigenvalue weighted by molar-refractivity contribution is 0.881. The summed E-state index contributed by atoms with van der Waals surface area (Å²) in [5, 5.41) is 13.2. The van der Waals surface area contributed by atoms with E-state index in [0.29, 0.717) is 17.1 Å². The maximum Gasteiger partial charge on any atom is 0.204 e. The number of aromatic nitrogens is 4. The largest absolute Gasteiger partial charge is 0.399 e. The molecule has 0 amide bonds. The van der Waals surface area contributed by atoms with Crippen LogP contribution in [0.4, 0.5) is 0 Å². The Morgan fingerprint density at radius 3 is 2.75 bits per heavy atom. The van der Waals surface area contributed by atoms with E-state index in [4.69, 9.17) is 5.73 Å². The molecule has 0 saturated heterocycles. The highest BCUT2D eigenvalue weighted by Crippen LogP contribution is 2.08. The van der Waals surface area contributed by atoms with Gasteiger partial charge in [0.1, 0.15) is 0 Å². The second-order valence-electron chi connectivity index (χ2n) is 2.11. The summed E-state index contributed by atoms with van der Waals surface area (Å²) in [4.78, 5) is 0. The Labute approximate surface area is 69.7 Å². The van der Waals surface area contributed by atoms with Crippen LogP contribution in [0.1, 0.15) is 5.82 Å². The third kappa shape index (κ3) is 1.79. The van der Waals surface area contributed by atoms with E-state index in [1.54, 1.807) is 12.2 Å². The van der Waals surface area contributed by atoms with Gasteiger partial charge in [-0.2, -0.15) is 5.21 Å². The predicted octanol–water partition coefficient (Wildman–Crippen LogP) is 0.241. The van der Waals surface area contributed by atoms with E-state index in [0.717, 1.165) is 0 Å².